The standard InChI is InChI=1S/C18H22ClFN4S/c1-10(2)15-9-25-16(23-15)8-22-18(21-3)24-14-7-11(14)17-12(19)5-4-6-13(17)20/h4-6,9-11,14H,7-8H2,1-3H3,(H2,21,22,24). The predicted molar refractivity (Wildman–Crippen MR) is 102 cm³/mol. The van der Waals surface area contributed by atoms with Crippen molar-refractivity contribution >= 4 is 28.9 Å². The number of aliphatic imine (C=N–C) groups is 1. The van der Waals surface area contributed by atoms with Crippen LogP contribution in [0.25, 0.3) is 0 Å². The number of nitrogens with zero attached hydrogens (tertiary/aromatic N) is 2. The summed E-state index contributed by atoms with van der Waals surface area (Å²) in [6.07, 6.45) is 0.843. The summed E-state index contributed by atoms with van der Waals surface area (Å²) in [6.45, 7) is 4.89. The summed E-state index contributed by atoms with van der Waals surface area (Å²) < 4.78 is 14.0. The van der Waals surface area contributed by atoms with Crippen LogP contribution in [0.5, 0.6) is 0 Å². The van der Waals surface area contributed by atoms with E-state index >= 15 is 0 Å². The molecule has 0 saturated heterocycles. The SMILES string of the molecule is CN=C(NCc1nc(C(C)C)cs1)NC1CC1c1c(F)cccc1Cl. The van der Waals surface area contributed by atoms with Gasteiger partial charge in [0.25, 0.3) is 0 Å². The first-order valence-corrected chi connectivity index (χ1v) is 9.60. The first kappa shape index (κ1) is 18.1. The van der Waals surface area contributed by atoms with E-state index in [1.54, 1.807) is 30.5 Å². The van der Waals surface area contributed by atoms with E-state index in [0.717, 1.165) is 17.1 Å². The Balaban J connectivity index is 1.55. The monoisotopic (exact) mass is 380 g/mol. The topological polar surface area (TPSA) is 49.3 Å². The Hall–Kier alpha value is -1.66. The van der Waals surface area contributed by atoms with Crippen LogP contribution < -0.4 is 10.6 Å². The van der Waals surface area contributed by atoms with Crippen LogP contribution in [0.1, 0.15) is 48.4 Å². The van der Waals surface area contributed by atoms with Crippen molar-refractivity contribution in [3.05, 3.63) is 50.7 Å². The lowest BCUT2D eigenvalue weighted by molar-refractivity contribution is 0.608. The molecule has 2 atom stereocenters. The maximum absolute atomic E-state index is 14.0. The molecular weight excluding hydrogens is 359 g/mol. The molecule has 1 fully saturated rings. The van der Waals surface area contributed by atoms with Crippen LogP contribution in [-0.4, -0.2) is 24.0 Å². The maximum Gasteiger partial charge on any atom is 0.191 e. The lowest BCUT2D eigenvalue weighted by atomic mass is 10.1. The minimum absolute atomic E-state index is 0.0830. The third-order valence-electron chi connectivity index (χ3n) is 4.27. The van der Waals surface area contributed by atoms with E-state index in [2.05, 4.69) is 39.8 Å². The molecule has 0 aliphatic heterocycles. The van der Waals surface area contributed by atoms with Crippen molar-refractivity contribution in [1.29, 1.82) is 0 Å². The Bertz CT molecular complexity index is 754. The lowest BCUT2D eigenvalue weighted by Crippen LogP contribution is -2.38. The Morgan fingerprint density at radius 3 is 2.92 bits per heavy atom. The molecule has 3 rings (SSSR count). The second-order valence-electron chi connectivity index (χ2n) is 6.47. The summed E-state index contributed by atoms with van der Waals surface area (Å²) in [5.74, 6) is 0.967. The summed E-state index contributed by atoms with van der Waals surface area (Å²) >= 11 is 7.79. The molecule has 2 unspecified atom stereocenters. The van der Waals surface area contributed by atoms with Crippen molar-refractivity contribution in [3.8, 4) is 0 Å². The van der Waals surface area contributed by atoms with Gasteiger partial charge in [0.2, 0.25) is 0 Å². The van der Waals surface area contributed by atoms with Gasteiger partial charge in [0.1, 0.15) is 10.8 Å². The molecule has 0 spiro atoms. The molecular formula is C18H22ClFN4S. The molecule has 1 aromatic heterocycles. The summed E-state index contributed by atoms with van der Waals surface area (Å²) in [5.41, 5.74) is 1.71. The van der Waals surface area contributed by atoms with E-state index < -0.39 is 0 Å². The molecule has 1 aliphatic carbocycles. The fourth-order valence-corrected chi connectivity index (χ4v) is 3.94. The van der Waals surface area contributed by atoms with Crippen molar-refractivity contribution in [1.82, 2.24) is 15.6 Å². The van der Waals surface area contributed by atoms with Gasteiger partial charge in [0.05, 0.1) is 12.2 Å². The van der Waals surface area contributed by atoms with Crippen LogP contribution in [0.4, 0.5) is 4.39 Å². The lowest BCUT2D eigenvalue weighted by Gasteiger charge is -2.11. The highest BCUT2D eigenvalue weighted by Crippen LogP contribution is 2.44. The van der Waals surface area contributed by atoms with Crippen LogP contribution in [0.2, 0.25) is 5.02 Å². The van der Waals surface area contributed by atoms with Crippen LogP contribution >= 0.6 is 22.9 Å². The zero-order valence-electron chi connectivity index (χ0n) is 14.5. The van der Waals surface area contributed by atoms with Crippen LogP contribution in [0, 0.1) is 5.82 Å². The molecule has 7 heteroatoms. The molecule has 1 aliphatic rings. The molecule has 2 N–H and O–H groups in total. The van der Waals surface area contributed by atoms with Gasteiger partial charge in [-0.05, 0) is 24.5 Å². The van der Waals surface area contributed by atoms with Crippen molar-refractivity contribution in [2.75, 3.05) is 7.05 Å². The van der Waals surface area contributed by atoms with Gasteiger partial charge in [0, 0.05) is 35.0 Å². The average molecular weight is 381 g/mol. The van der Waals surface area contributed by atoms with Gasteiger partial charge < -0.3 is 10.6 Å². The van der Waals surface area contributed by atoms with Crippen LogP contribution in [-0.2, 0) is 6.54 Å². The fraction of sp³-hybridized carbons (Fsp3) is 0.444. The Morgan fingerprint density at radius 1 is 1.48 bits per heavy atom. The zero-order chi connectivity index (χ0) is 18.0. The van der Waals surface area contributed by atoms with E-state index in [9.17, 15) is 4.39 Å². The molecule has 4 nitrogen and oxygen atoms in total. The minimum atomic E-state index is -0.242. The van der Waals surface area contributed by atoms with Crippen LogP contribution in [0.15, 0.2) is 28.6 Å². The summed E-state index contributed by atoms with van der Waals surface area (Å²) in [7, 11) is 1.73. The van der Waals surface area contributed by atoms with Gasteiger partial charge in [-0.1, -0.05) is 31.5 Å². The minimum Gasteiger partial charge on any atom is -0.353 e. The first-order chi connectivity index (χ1) is 12.0. The average Bonchev–Trinajstić information content (AvgIpc) is 3.14. The largest absolute Gasteiger partial charge is 0.353 e. The second kappa shape index (κ2) is 7.70. The number of nitrogens with one attached hydrogen (secondary N) is 2. The van der Waals surface area contributed by atoms with Crippen molar-refractivity contribution in [3.63, 3.8) is 0 Å². The Kier molecular flexibility index (Phi) is 5.59. The summed E-state index contributed by atoms with van der Waals surface area (Å²) in [6, 6.07) is 4.96. The van der Waals surface area contributed by atoms with Gasteiger partial charge in [-0.15, -0.1) is 11.3 Å². The molecule has 0 radical (unpaired) electrons. The molecule has 1 heterocycles. The number of hydrogen-bond acceptors (Lipinski definition) is 3. The number of thiazole rings is 1. The third-order valence-corrected chi connectivity index (χ3v) is 5.47. The van der Waals surface area contributed by atoms with Gasteiger partial charge in [-0.2, -0.15) is 0 Å². The molecule has 0 amide bonds. The highest BCUT2D eigenvalue weighted by atomic mass is 35.5. The van der Waals surface area contributed by atoms with Crippen molar-refractivity contribution in [2.24, 2.45) is 4.99 Å². The van der Waals surface area contributed by atoms with Crippen molar-refractivity contribution in [2.45, 2.75) is 44.7 Å². The highest BCUT2D eigenvalue weighted by molar-refractivity contribution is 7.09. The van der Waals surface area contributed by atoms with E-state index in [4.69, 9.17) is 11.6 Å². The quantitative estimate of drug-likeness (QED) is 0.601. The Morgan fingerprint density at radius 2 is 2.28 bits per heavy atom. The van der Waals surface area contributed by atoms with Gasteiger partial charge in [-0.3, -0.25) is 4.99 Å². The predicted octanol–water partition coefficient (Wildman–Crippen LogP) is 4.28. The maximum atomic E-state index is 14.0. The van der Waals surface area contributed by atoms with E-state index in [1.807, 2.05) is 0 Å². The normalized spacial score (nSPS) is 20.0. The smallest absolute Gasteiger partial charge is 0.191 e. The molecule has 0 bridgehead atoms. The highest BCUT2D eigenvalue weighted by Gasteiger charge is 2.41. The third kappa shape index (κ3) is 4.30. The van der Waals surface area contributed by atoms with E-state index in [-0.39, 0.29) is 17.8 Å². The molecule has 1 saturated carbocycles. The number of benzene rings is 1. The fourth-order valence-electron chi connectivity index (χ4n) is 2.74. The number of rotatable bonds is 5. The van der Waals surface area contributed by atoms with Gasteiger partial charge in [0.15, 0.2) is 5.96 Å². The van der Waals surface area contributed by atoms with Gasteiger partial charge >= 0.3 is 0 Å². The second-order valence-corrected chi connectivity index (χ2v) is 7.82. The van der Waals surface area contributed by atoms with E-state index in [1.165, 1.54) is 6.07 Å². The molecule has 134 valence electrons. The Labute approximate surface area is 156 Å². The van der Waals surface area contributed by atoms with E-state index in [0.29, 0.717) is 29.0 Å². The van der Waals surface area contributed by atoms with Gasteiger partial charge in [-0.25, -0.2) is 9.37 Å². The van der Waals surface area contributed by atoms with Crippen molar-refractivity contribution < 1.29 is 4.39 Å². The summed E-state index contributed by atoms with van der Waals surface area (Å²) in [4.78, 5) is 8.85. The number of halogens is 2. The molecule has 1 aromatic carbocycles. The first-order valence-electron chi connectivity index (χ1n) is 8.35. The molecule has 2 aromatic rings. The van der Waals surface area contributed by atoms with Crippen LogP contribution in [0.3, 0.4) is 0 Å². The number of aromatic nitrogens is 1. The number of guanidine groups is 1. The zero-order valence-corrected chi connectivity index (χ0v) is 16.1. The number of hydrogen-bond donors (Lipinski definition) is 2. The summed E-state index contributed by atoms with van der Waals surface area (Å²) in [5, 5.41) is 10.2. The molecule has 25 heavy (non-hydrogen) atoms.